The second kappa shape index (κ2) is 9.11. The zero-order valence-electron chi connectivity index (χ0n) is 17.1. The Labute approximate surface area is 162 Å². The molecule has 1 unspecified atom stereocenters. The summed E-state index contributed by atoms with van der Waals surface area (Å²) in [7, 11) is 0. The lowest BCUT2D eigenvalue weighted by molar-refractivity contribution is 0.0462. The Morgan fingerprint density at radius 3 is 2.63 bits per heavy atom. The van der Waals surface area contributed by atoms with Crippen molar-refractivity contribution in [3.05, 3.63) is 29.3 Å². The molecule has 0 aliphatic carbocycles. The van der Waals surface area contributed by atoms with Crippen LogP contribution in [0.2, 0.25) is 0 Å². The van der Waals surface area contributed by atoms with E-state index in [-0.39, 0.29) is 11.9 Å². The lowest BCUT2D eigenvalue weighted by Crippen LogP contribution is -2.50. The molecule has 150 valence electrons. The SMILES string of the molecule is CCOc1ccc(C(=O)N2CCCCC2CNC(=O)OC(C)(C)C)cc1C. The summed E-state index contributed by atoms with van der Waals surface area (Å²) in [5, 5.41) is 2.81. The van der Waals surface area contributed by atoms with Gasteiger partial charge in [-0.1, -0.05) is 0 Å². The van der Waals surface area contributed by atoms with E-state index in [1.165, 1.54) is 0 Å². The van der Waals surface area contributed by atoms with Gasteiger partial charge in [0.2, 0.25) is 0 Å². The third kappa shape index (κ3) is 6.15. The summed E-state index contributed by atoms with van der Waals surface area (Å²) >= 11 is 0. The van der Waals surface area contributed by atoms with Crippen molar-refractivity contribution in [2.75, 3.05) is 19.7 Å². The molecule has 1 heterocycles. The molecule has 1 aliphatic heterocycles. The molecule has 1 aromatic rings. The lowest BCUT2D eigenvalue weighted by Gasteiger charge is -2.36. The number of alkyl carbamates (subject to hydrolysis) is 1. The first-order valence-corrected chi connectivity index (χ1v) is 9.72. The van der Waals surface area contributed by atoms with Crippen molar-refractivity contribution in [2.45, 2.75) is 65.5 Å². The Balaban J connectivity index is 2.04. The molecule has 0 spiro atoms. The maximum absolute atomic E-state index is 13.0. The lowest BCUT2D eigenvalue weighted by atomic mass is 10.00. The normalized spacial score (nSPS) is 17.4. The number of likely N-dealkylation sites (tertiary alicyclic amines) is 1. The molecular weight excluding hydrogens is 344 g/mol. The number of nitrogens with one attached hydrogen (secondary N) is 1. The molecule has 2 rings (SSSR count). The molecule has 0 bridgehead atoms. The number of benzene rings is 1. The van der Waals surface area contributed by atoms with E-state index >= 15 is 0 Å². The van der Waals surface area contributed by atoms with Crippen LogP contribution in [0.3, 0.4) is 0 Å². The van der Waals surface area contributed by atoms with Crippen molar-refractivity contribution >= 4 is 12.0 Å². The van der Waals surface area contributed by atoms with Crippen molar-refractivity contribution in [3.8, 4) is 5.75 Å². The van der Waals surface area contributed by atoms with E-state index < -0.39 is 11.7 Å². The van der Waals surface area contributed by atoms with E-state index in [1.54, 1.807) is 0 Å². The van der Waals surface area contributed by atoms with Crippen molar-refractivity contribution in [1.29, 1.82) is 0 Å². The van der Waals surface area contributed by atoms with Gasteiger partial charge in [-0.15, -0.1) is 0 Å². The minimum Gasteiger partial charge on any atom is -0.494 e. The molecule has 0 saturated carbocycles. The Hall–Kier alpha value is -2.24. The summed E-state index contributed by atoms with van der Waals surface area (Å²) in [6, 6.07) is 5.52. The van der Waals surface area contributed by atoms with Gasteiger partial charge in [-0.25, -0.2) is 4.79 Å². The van der Waals surface area contributed by atoms with E-state index in [2.05, 4.69) is 5.32 Å². The van der Waals surface area contributed by atoms with E-state index in [0.717, 1.165) is 30.6 Å². The highest BCUT2D eigenvalue weighted by molar-refractivity contribution is 5.95. The van der Waals surface area contributed by atoms with Crippen molar-refractivity contribution in [2.24, 2.45) is 0 Å². The minimum absolute atomic E-state index is 0.00293. The Morgan fingerprint density at radius 2 is 2.00 bits per heavy atom. The second-order valence-corrected chi connectivity index (χ2v) is 7.94. The molecule has 2 amide bonds. The molecule has 1 saturated heterocycles. The van der Waals surface area contributed by atoms with Gasteiger partial charge in [0.1, 0.15) is 11.4 Å². The van der Waals surface area contributed by atoms with Gasteiger partial charge in [-0.3, -0.25) is 4.79 Å². The fourth-order valence-corrected chi connectivity index (χ4v) is 3.26. The Kier molecular flexibility index (Phi) is 7.11. The van der Waals surface area contributed by atoms with Crippen LogP contribution in [0.1, 0.15) is 62.9 Å². The predicted octanol–water partition coefficient (Wildman–Crippen LogP) is 3.91. The number of aryl methyl sites for hydroxylation is 1. The Morgan fingerprint density at radius 1 is 1.26 bits per heavy atom. The van der Waals surface area contributed by atoms with Gasteiger partial charge >= 0.3 is 6.09 Å². The van der Waals surface area contributed by atoms with Gasteiger partial charge in [0, 0.05) is 24.7 Å². The van der Waals surface area contributed by atoms with Crippen molar-refractivity contribution < 1.29 is 19.1 Å². The molecule has 6 heteroatoms. The first-order valence-electron chi connectivity index (χ1n) is 9.72. The summed E-state index contributed by atoms with van der Waals surface area (Å²) in [6.07, 6.45) is 2.45. The average molecular weight is 376 g/mol. The van der Waals surface area contributed by atoms with Gasteiger partial charge in [0.05, 0.1) is 6.61 Å². The quantitative estimate of drug-likeness (QED) is 0.846. The predicted molar refractivity (Wildman–Crippen MR) is 105 cm³/mol. The van der Waals surface area contributed by atoms with E-state index in [1.807, 2.05) is 57.7 Å². The first-order chi connectivity index (χ1) is 12.7. The monoisotopic (exact) mass is 376 g/mol. The molecule has 0 radical (unpaired) electrons. The number of hydrogen-bond acceptors (Lipinski definition) is 4. The van der Waals surface area contributed by atoms with E-state index in [4.69, 9.17) is 9.47 Å². The number of carbonyl (C=O) groups excluding carboxylic acids is 2. The van der Waals surface area contributed by atoms with Gasteiger partial charge in [0.15, 0.2) is 0 Å². The van der Waals surface area contributed by atoms with Crippen LogP contribution in [0.15, 0.2) is 18.2 Å². The molecule has 1 atom stereocenters. The zero-order valence-corrected chi connectivity index (χ0v) is 17.1. The molecule has 6 nitrogen and oxygen atoms in total. The van der Waals surface area contributed by atoms with Crippen LogP contribution in [0, 0.1) is 6.92 Å². The highest BCUT2D eigenvalue weighted by atomic mass is 16.6. The minimum atomic E-state index is -0.536. The number of carbonyl (C=O) groups is 2. The highest BCUT2D eigenvalue weighted by Crippen LogP contribution is 2.23. The first kappa shape index (κ1) is 21.1. The number of hydrogen-bond donors (Lipinski definition) is 1. The van der Waals surface area contributed by atoms with Crippen LogP contribution < -0.4 is 10.1 Å². The molecule has 1 N–H and O–H groups in total. The maximum Gasteiger partial charge on any atom is 0.407 e. The molecule has 1 aromatic carbocycles. The van der Waals surface area contributed by atoms with Crippen LogP contribution in [-0.4, -0.2) is 48.2 Å². The summed E-state index contributed by atoms with van der Waals surface area (Å²) in [6.45, 7) is 11.1. The molecule has 0 aromatic heterocycles. The van der Waals surface area contributed by atoms with Crippen molar-refractivity contribution in [3.63, 3.8) is 0 Å². The van der Waals surface area contributed by atoms with E-state index in [9.17, 15) is 9.59 Å². The zero-order chi connectivity index (χ0) is 20.0. The fraction of sp³-hybridized carbons (Fsp3) is 0.619. The topological polar surface area (TPSA) is 67.9 Å². The third-order valence-corrected chi connectivity index (χ3v) is 4.49. The number of ether oxygens (including phenoxy) is 2. The molecule has 27 heavy (non-hydrogen) atoms. The Bertz CT molecular complexity index is 667. The van der Waals surface area contributed by atoms with Gasteiger partial charge in [-0.2, -0.15) is 0 Å². The summed E-state index contributed by atoms with van der Waals surface area (Å²) in [5.41, 5.74) is 1.06. The number of piperidine rings is 1. The smallest absolute Gasteiger partial charge is 0.407 e. The van der Waals surface area contributed by atoms with Crippen LogP contribution in [0.25, 0.3) is 0 Å². The summed E-state index contributed by atoms with van der Waals surface area (Å²) in [4.78, 5) is 26.9. The maximum atomic E-state index is 13.0. The van der Waals surface area contributed by atoms with Crippen LogP contribution in [-0.2, 0) is 4.74 Å². The molecule has 1 aliphatic rings. The van der Waals surface area contributed by atoms with Gasteiger partial charge in [0.25, 0.3) is 5.91 Å². The number of rotatable bonds is 5. The van der Waals surface area contributed by atoms with Gasteiger partial charge in [-0.05, 0) is 77.6 Å². The summed E-state index contributed by atoms with van der Waals surface area (Å²) in [5.74, 6) is 0.799. The molecule has 1 fully saturated rings. The largest absolute Gasteiger partial charge is 0.494 e. The highest BCUT2D eigenvalue weighted by Gasteiger charge is 2.28. The van der Waals surface area contributed by atoms with E-state index in [0.29, 0.717) is 25.3 Å². The third-order valence-electron chi connectivity index (χ3n) is 4.49. The van der Waals surface area contributed by atoms with Gasteiger partial charge < -0.3 is 19.7 Å². The second-order valence-electron chi connectivity index (χ2n) is 7.94. The standard InChI is InChI=1S/C21H32N2O4/c1-6-26-18-11-10-16(13-15(18)2)19(24)23-12-8-7-9-17(23)14-22-20(25)27-21(3,4)5/h10-11,13,17H,6-9,12,14H2,1-5H3,(H,22,25). The summed E-state index contributed by atoms with van der Waals surface area (Å²) < 4.78 is 10.8. The molecular formula is C21H32N2O4. The average Bonchev–Trinajstić information content (AvgIpc) is 2.60. The van der Waals surface area contributed by atoms with Crippen LogP contribution in [0.4, 0.5) is 4.79 Å². The fourth-order valence-electron chi connectivity index (χ4n) is 3.26. The van der Waals surface area contributed by atoms with Crippen LogP contribution in [0.5, 0.6) is 5.75 Å². The number of amides is 2. The van der Waals surface area contributed by atoms with Crippen molar-refractivity contribution in [1.82, 2.24) is 10.2 Å². The van der Waals surface area contributed by atoms with Crippen LogP contribution >= 0.6 is 0 Å². The number of nitrogens with zero attached hydrogens (tertiary/aromatic N) is 1.